The standard InChI is InChI=1S/C14H18O/c1-3-12-10-4-6-11(7-5-10)13-8-9(2)15-14(12)13/h4,6,8,10-12H,3,5,7H2,1-2H3/t10-,11+,12+/m0/s1. The van der Waals surface area contributed by atoms with Crippen LogP contribution in [0.15, 0.2) is 22.6 Å². The molecule has 0 saturated carbocycles. The fourth-order valence-corrected chi connectivity index (χ4v) is 3.25. The Balaban J connectivity index is 2.16. The Kier molecular flexibility index (Phi) is 2.01. The lowest BCUT2D eigenvalue weighted by Crippen LogP contribution is -2.09. The van der Waals surface area contributed by atoms with Crippen molar-refractivity contribution in [3.8, 4) is 0 Å². The van der Waals surface area contributed by atoms with Crippen LogP contribution in [0.3, 0.4) is 0 Å². The number of aryl methyl sites for hydroxylation is 1. The van der Waals surface area contributed by atoms with Crippen LogP contribution in [-0.2, 0) is 0 Å². The third-order valence-corrected chi connectivity index (χ3v) is 4.01. The van der Waals surface area contributed by atoms with Gasteiger partial charge >= 0.3 is 0 Å². The molecule has 0 N–H and O–H groups in total. The summed E-state index contributed by atoms with van der Waals surface area (Å²) in [6.07, 6.45) is 8.67. The zero-order valence-corrected chi connectivity index (χ0v) is 9.49. The molecule has 3 atom stereocenters. The first-order valence-corrected chi connectivity index (χ1v) is 6.08. The lowest BCUT2D eigenvalue weighted by molar-refractivity contribution is 0.372. The molecule has 0 aliphatic heterocycles. The first-order valence-electron chi connectivity index (χ1n) is 6.08. The number of hydrogen-bond donors (Lipinski definition) is 0. The highest BCUT2D eigenvalue weighted by molar-refractivity contribution is 5.36. The van der Waals surface area contributed by atoms with E-state index in [0.29, 0.717) is 11.8 Å². The van der Waals surface area contributed by atoms with Gasteiger partial charge in [-0.05, 0) is 38.2 Å². The highest BCUT2D eigenvalue weighted by Crippen LogP contribution is 2.47. The van der Waals surface area contributed by atoms with Crippen molar-refractivity contribution in [1.29, 1.82) is 0 Å². The van der Waals surface area contributed by atoms with Crippen LogP contribution in [0.2, 0.25) is 0 Å². The number of rotatable bonds is 1. The summed E-state index contributed by atoms with van der Waals surface area (Å²) in [5.41, 5.74) is 1.47. The first kappa shape index (κ1) is 9.26. The van der Waals surface area contributed by atoms with Gasteiger partial charge in [0.15, 0.2) is 0 Å². The Hall–Kier alpha value is -0.980. The second-order valence-corrected chi connectivity index (χ2v) is 4.92. The van der Waals surface area contributed by atoms with Crippen molar-refractivity contribution in [3.63, 3.8) is 0 Å². The molecule has 1 heterocycles. The maximum absolute atomic E-state index is 5.93. The van der Waals surface area contributed by atoms with E-state index in [1.165, 1.54) is 30.6 Å². The zero-order chi connectivity index (χ0) is 10.4. The van der Waals surface area contributed by atoms with Crippen molar-refractivity contribution >= 4 is 0 Å². The Morgan fingerprint density at radius 1 is 1.33 bits per heavy atom. The summed E-state index contributed by atoms with van der Waals surface area (Å²) < 4.78 is 5.93. The van der Waals surface area contributed by atoms with Crippen molar-refractivity contribution in [1.82, 2.24) is 0 Å². The molecule has 1 nitrogen and oxygen atoms in total. The highest BCUT2D eigenvalue weighted by atomic mass is 16.3. The third kappa shape index (κ3) is 1.29. The third-order valence-electron chi connectivity index (χ3n) is 4.01. The van der Waals surface area contributed by atoms with E-state index >= 15 is 0 Å². The minimum Gasteiger partial charge on any atom is -0.466 e. The molecule has 0 radical (unpaired) electrons. The van der Waals surface area contributed by atoms with E-state index in [4.69, 9.17) is 4.42 Å². The molecule has 0 spiro atoms. The predicted octanol–water partition coefficient (Wildman–Crippen LogP) is 4.15. The van der Waals surface area contributed by atoms with E-state index in [1.54, 1.807) is 0 Å². The van der Waals surface area contributed by atoms with Crippen molar-refractivity contribution in [3.05, 3.63) is 35.3 Å². The van der Waals surface area contributed by atoms with Crippen LogP contribution in [0.25, 0.3) is 0 Å². The Labute approximate surface area is 91.2 Å². The van der Waals surface area contributed by atoms with Gasteiger partial charge in [-0.15, -0.1) is 0 Å². The highest BCUT2D eigenvalue weighted by Gasteiger charge is 2.34. The molecule has 1 heteroatoms. The summed E-state index contributed by atoms with van der Waals surface area (Å²) in [5.74, 6) is 4.34. The topological polar surface area (TPSA) is 13.1 Å². The molecular formula is C14H18O. The van der Waals surface area contributed by atoms with Gasteiger partial charge in [-0.2, -0.15) is 0 Å². The van der Waals surface area contributed by atoms with Crippen LogP contribution in [0.1, 0.15) is 55.1 Å². The lowest BCUT2D eigenvalue weighted by Gasteiger charge is -2.21. The second kappa shape index (κ2) is 3.26. The SMILES string of the molecule is CC[C@H]1c2oc(C)cc2[C@@H]2C=C[C@H]1CC2. The number of allylic oxidation sites excluding steroid dienone is 2. The monoisotopic (exact) mass is 202 g/mol. The van der Waals surface area contributed by atoms with Crippen LogP contribution in [0.4, 0.5) is 0 Å². The fourth-order valence-electron chi connectivity index (χ4n) is 3.25. The van der Waals surface area contributed by atoms with E-state index in [2.05, 4.69) is 32.1 Å². The maximum Gasteiger partial charge on any atom is 0.111 e. The molecule has 15 heavy (non-hydrogen) atoms. The molecule has 3 aliphatic carbocycles. The Bertz CT molecular complexity index is 399. The molecule has 2 bridgehead atoms. The minimum absolute atomic E-state index is 0.623. The van der Waals surface area contributed by atoms with Gasteiger partial charge < -0.3 is 4.42 Å². The minimum atomic E-state index is 0.623. The number of furan rings is 1. The summed E-state index contributed by atoms with van der Waals surface area (Å²) >= 11 is 0. The van der Waals surface area contributed by atoms with Crippen LogP contribution in [-0.4, -0.2) is 0 Å². The molecule has 0 fully saturated rings. The average Bonchev–Trinajstić information content (AvgIpc) is 2.51. The smallest absolute Gasteiger partial charge is 0.111 e. The van der Waals surface area contributed by atoms with Crippen LogP contribution >= 0.6 is 0 Å². The quantitative estimate of drug-likeness (QED) is 0.624. The van der Waals surface area contributed by atoms with E-state index in [1.807, 2.05) is 0 Å². The van der Waals surface area contributed by atoms with Gasteiger partial charge in [0.1, 0.15) is 11.5 Å². The van der Waals surface area contributed by atoms with Gasteiger partial charge in [0, 0.05) is 17.4 Å². The van der Waals surface area contributed by atoms with E-state index in [0.717, 1.165) is 11.7 Å². The molecule has 0 amide bonds. The molecule has 0 aromatic carbocycles. The van der Waals surface area contributed by atoms with Gasteiger partial charge in [0.25, 0.3) is 0 Å². The largest absolute Gasteiger partial charge is 0.466 e. The molecule has 4 rings (SSSR count). The van der Waals surface area contributed by atoms with Crippen LogP contribution < -0.4 is 0 Å². The van der Waals surface area contributed by atoms with E-state index in [-0.39, 0.29) is 0 Å². The predicted molar refractivity (Wildman–Crippen MR) is 61.1 cm³/mol. The molecular weight excluding hydrogens is 184 g/mol. The molecule has 3 aliphatic rings. The van der Waals surface area contributed by atoms with Crippen molar-refractivity contribution < 1.29 is 4.42 Å². The summed E-state index contributed by atoms with van der Waals surface area (Å²) in [6, 6.07) is 2.25. The van der Waals surface area contributed by atoms with Crippen LogP contribution in [0, 0.1) is 12.8 Å². The summed E-state index contributed by atoms with van der Waals surface area (Å²) in [6.45, 7) is 4.34. The van der Waals surface area contributed by atoms with E-state index < -0.39 is 0 Å². The lowest BCUT2D eigenvalue weighted by atomic mass is 9.83. The van der Waals surface area contributed by atoms with Crippen molar-refractivity contribution in [2.45, 2.75) is 44.9 Å². The summed E-state index contributed by atoms with van der Waals surface area (Å²) in [4.78, 5) is 0. The van der Waals surface area contributed by atoms with Gasteiger partial charge in [0.2, 0.25) is 0 Å². The van der Waals surface area contributed by atoms with Gasteiger partial charge in [0.05, 0.1) is 0 Å². The van der Waals surface area contributed by atoms with Gasteiger partial charge in [-0.25, -0.2) is 0 Å². The van der Waals surface area contributed by atoms with Gasteiger partial charge in [-0.3, -0.25) is 0 Å². The Morgan fingerprint density at radius 3 is 2.87 bits per heavy atom. The second-order valence-electron chi connectivity index (χ2n) is 4.92. The number of fused-ring (bicyclic) bond motifs is 1. The summed E-state index contributed by atoms with van der Waals surface area (Å²) in [7, 11) is 0. The first-order chi connectivity index (χ1) is 7.29. The summed E-state index contributed by atoms with van der Waals surface area (Å²) in [5, 5.41) is 0. The molecule has 1 aromatic rings. The van der Waals surface area contributed by atoms with Crippen molar-refractivity contribution in [2.24, 2.45) is 5.92 Å². The maximum atomic E-state index is 5.93. The van der Waals surface area contributed by atoms with Crippen molar-refractivity contribution in [2.75, 3.05) is 0 Å². The number of hydrogen-bond acceptors (Lipinski definition) is 1. The molecule has 0 saturated heterocycles. The van der Waals surface area contributed by atoms with Crippen LogP contribution in [0.5, 0.6) is 0 Å². The molecule has 80 valence electrons. The zero-order valence-electron chi connectivity index (χ0n) is 9.49. The van der Waals surface area contributed by atoms with E-state index in [9.17, 15) is 0 Å². The van der Waals surface area contributed by atoms with Gasteiger partial charge in [-0.1, -0.05) is 19.1 Å². The normalized spacial score (nSPS) is 32.8. The fraction of sp³-hybridized carbons (Fsp3) is 0.571. The average molecular weight is 202 g/mol. The molecule has 1 aromatic heterocycles. The Morgan fingerprint density at radius 2 is 2.20 bits per heavy atom. The molecule has 0 unspecified atom stereocenters.